The van der Waals surface area contributed by atoms with E-state index >= 15 is 0 Å². The number of carbonyl (C=O) groups excluding carboxylic acids is 5. The zero-order valence-electron chi connectivity index (χ0n) is 35.3. The van der Waals surface area contributed by atoms with Gasteiger partial charge in [-0.05, 0) is 74.9 Å². The summed E-state index contributed by atoms with van der Waals surface area (Å²) in [5.74, 6) is -2.92. The van der Waals surface area contributed by atoms with E-state index in [0.717, 1.165) is 44.6 Å². The number of piperidine rings is 2. The molecule has 63 heavy (non-hydrogen) atoms. The van der Waals surface area contributed by atoms with Crippen molar-refractivity contribution in [3.05, 3.63) is 119 Å². The number of carbonyl (C=O) groups is 5. The molecular formula is C46H52F4N6O7. The van der Waals surface area contributed by atoms with Gasteiger partial charge in [-0.15, -0.1) is 0 Å². The average Bonchev–Trinajstić information content (AvgIpc) is 3.32. The standard InChI is InChI=1S/C24H26F3N3O4.C22H26FN3O3/c1-34-21-8-4-3-7-19(21)30(24(33)29-11-5-2-6-12-29)15-17-10-9-16(13-18(17)25)20(31)14-28-23(32)22(26)27;1-29-21-8-4-3-7-19(21)26(22(28)25-11-5-2-6-12-25)15-17-10-9-16(13-18(17)23)20(27)14-24/h3-4,7-10,13,22H,2,5-6,11-12,14-15H2,1H3,(H,28,32);3-4,7-10,13H,2,5-6,11-12,14-15,24H2,1H3. The Morgan fingerprint density at radius 1 is 0.635 bits per heavy atom. The first-order chi connectivity index (χ1) is 30.4. The van der Waals surface area contributed by atoms with E-state index in [4.69, 9.17) is 15.2 Å². The average molecular weight is 877 g/mol. The van der Waals surface area contributed by atoms with Crippen LogP contribution in [0.1, 0.15) is 70.4 Å². The molecule has 17 heteroatoms. The molecule has 0 saturated carbocycles. The second-order valence-corrected chi connectivity index (χ2v) is 14.9. The first-order valence-corrected chi connectivity index (χ1v) is 20.6. The number of ketones is 2. The molecule has 2 heterocycles. The van der Waals surface area contributed by atoms with Gasteiger partial charge in [-0.3, -0.25) is 24.2 Å². The van der Waals surface area contributed by atoms with Crippen LogP contribution in [-0.4, -0.2) is 99.2 Å². The second kappa shape index (κ2) is 23.1. The summed E-state index contributed by atoms with van der Waals surface area (Å²) >= 11 is 0. The predicted molar refractivity (Wildman–Crippen MR) is 230 cm³/mol. The number of anilines is 2. The number of methoxy groups -OCH3 is 2. The number of hydrogen-bond acceptors (Lipinski definition) is 8. The van der Waals surface area contributed by atoms with Crippen molar-refractivity contribution in [3.8, 4) is 11.5 Å². The summed E-state index contributed by atoms with van der Waals surface area (Å²) in [6, 6.07) is 21.6. The first-order valence-electron chi connectivity index (χ1n) is 20.6. The van der Waals surface area contributed by atoms with Gasteiger partial charge in [0.05, 0.1) is 51.8 Å². The van der Waals surface area contributed by atoms with Gasteiger partial charge in [-0.1, -0.05) is 48.5 Å². The van der Waals surface area contributed by atoms with Crippen LogP contribution in [0.15, 0.2) is 84.9 Å². The SMILES string of the molecule is COc1ccccc1N(Cc1ccc(C(=O)CN)cc1F)C(=O)N1CCCCC1.COc1ccccc1N(Cc1ccc(C(=O)CNC(=O)C(F)F)cc1F)C(=O)N1CCCCC1. The minimum absolute atomic E-state index is 0.0264. The van der Waals surface area contributed by atoms with Crippen LogP contribution in [0.4, 0.5) is 38.5 Å². The topological polar surface area (TPSA) is 155 Å². The summed E-state index contributed by atoms with van der Waals surface area (Å²) in [7, 11) is 3.02. The molecule has 0 atom stereocenters. The van der Waals surface area contributed by atoms with Crippen molar-refractivity contribution in [1.82, 2.24) is 15.1 Å². The number of ether oxygens (including phenoxy) is 2. The Kier molecular flexibility index (Phi) is 17.4. The van der Waals surface area contributed by atoms with E-state index in [2.05, 4.69) is 0 Å². The van der Waals surface area contributed by atoms with Crippen LogP contribution in [0.2, 0.25) is 0 Å². The van der Waals surface area contributed by atoms with Crippen LogP contribution in [0.3, 0.4) is 0 Å². The fourth-order valence-electron chi connectivity index (χ4n) is 7.23. The molecule has 0 unspecified atom stereocenters. The van der Waals surface area contributed by atoms with Gasteiger partial charge < -0.3 is 30.3 Å². The molecule has 4 aromatic rings. The van der Waals surface area contributed by atoms with E-state index in [1.807, 2.05) is 12.1 Å². The number of nitrogens with one attached hydrogen (secondary N) is 1. The highest BCUT2D eigenvalue weighted by atomic mass is 19.3. The third-order valence-corrected chi connectivity index (χ3v) is 10.7. The zero-order chi connectivity index (χ0) is 45.5. The summed E-state index contributed by atoms with van der Waals surface area (Å²) in [5, 5.41) is 1.80. The number of alkyl halides is 2. The largest absolute Gasteiger partial charge is 0.495 e. The zero-order valence-corrected chi connectivity index (χ0v) is 35.3. The third kappa shape index (κ3) is 12.6. The van der Waals surface area contributed by atoms with Gasteiger partial charge in [0.15, 0.2) is 11.6 Å². The lowest BCUT2D eigenvalue weighted by Crippen LogP contribution is -2.45. The molecule has 0 bridgehead atoms. The molecule has 2 saturated heterocycles. The summed E-state index contributed by atoms with van der Waals surface area (Å²) < 4.78 is 65.1. The second-order valence-electron chi connectivity index (χ2n) is 14.9. The summed E-state index contributed by atoms with van der Waals surface area (Å²) in [4.78, 5) is 68.0. The van der Waals surface area contributed by atoms with E-state index in [-0.39, 0.29) is 54.2 Å². The minimum Gasteiger partial charge on any atom is -0.495 e. The van der Waals surface area contributed by atoms with Gasteiger partial charge in [-0.2, -0.15) is 8.78 Å². The van der Waals surface area contributed by atoms with Crippen molar-refractivity contribution in [2.24, 2.45) is 5.73 Å². The van der Waals surface area contributed by atoms with Gasteiger partial charge in [0.25, 0.3) is 5.91 Å². The van der Waals surface area contributed by atoms with Crippen molar-refractivity contribution >= 4 is 40.9 Å². The molecule has 2 aliphatic rings. The number of nitrogens with zero attached hydrogens (tertiary/aromatic N) is 4. The molecule has 6 rings (SSSR count). The van der Waals surface area contributed by atoms with Crippen LogP contribution in [0.5, 0.6) is 11.5 Å². The number of Topliss-reactive ketones (excluding diaryl/α,β-unsaturated/α-hetero) is 2. The van der Waals surface area contributed by atoms with E-state index in [0.29, 0.717) is 54.6 Å². The summed E-state index contributed by atoms with van der Waals surface area (Å²) in [5.41, 5.74) is 7.03. The molecule has 4 aromatic carbocycles. The predicted octanol–water partition coefficient (Wildman–Crippen LogP) is 7.60. The highest BCUT2D eigenvalue weighted by Crippen LogP contribution is 2.33. The lowest BCUT2D eigenvalue weighted by atomic mass is 10.1. The molecule has 5 amide bonds. The molecule has 0 aromatic heterocycles. The monoisotopic (exact) mass is 876 g/mol. The normalized spacial score (nSPS) is 13.7. The molecule has 2 fully saturated rings. The Hall–Kier alpha value is -6.49. The number of likely N-dealkylation sites (tertiary alicyclic amines) is 2. The van der Waals surface area contributed by atoms with E-state index in [1.165, 1.54) is 48.3 Å². The Bertz CT molecular complexity index is 2230. The van der Waals surface area contributed by atoms with Crippen molar-refractivity contribution < 1.29 is 51.0 Å². The quantitative estimate of drug-likeness (QED) is 0.0970. The Balaban J connectivity index is 0.000000240. The van der Waals surface area contributed by atoms with E-state index in [1.54, 1.807) is 57.6 Å². The highest BCUT2D eigenvalue weighted by Gasteiger charge is 2.29. The van der Waals surface area contributed by atoms with Gasteiger partial charge in [0.2, 0.25) is 0 Å². The Labute approximate surface area is 363 Å². The first kappa shape index (κ1) is 47.6. The number of amides is 5. The van der Waals surface area contributed by atoms with Crippen molar-refractivity contribution in [2.75, 3.05) is 63.3 Å². The maximum Gasteiger partial charge on any atom is 0.324 e. The van der Waals surface area contributed by atoms with Gasteiger partial charge >= 0.3 is 18.5 Å². The molecule has 0 aliphatic carbocycles. The van der Waals surface area contributed by atoms with E-state index in [9.17, 15) is 41.5 Å². The molecular weight excluding hydrogens is 825 g/mol. The molecule has 0 spiro atoms. The smallest absolute Gasteiger partial charge is 0.324 e. The van der Waals surface area contributed by atoms with Crippen LogP contribution in [0, 0.1) is 11.6 Å². The van der Waals surface area contributed by atoms with Crippen LogP contribution < -0.4 is 30.3 Å². The number of rotatable bonds is 14. The van der Waals surface area contributed by atoms with Crippen LogP contribution in [-0.2, 0) is 17.9 Å². The number of benzene rings is 4. The van der Waals surface area contributed by atoms with Gasteiger partial charge in [-0.25, -0.2) is 18.4 Å². The maximum absolute atomic E-state index is 15.0. The van der Waals surface area contributed by atoms with E-state index < -0.39 is 36.3 Å². The van der Waals surface area contributed by atoms with Crippen LogP contribution in [0.25, 0.3) is 0 Å². The number of hydrogen-bond donors (Lipinski definition) is 2. The molecule has 3 N–H and O–H groups in total. The number of para-hydroxylation sites is 4. The summed E-state index contributed by atoms with van der Waals surface area (Å²) in [6.07, 6.45) is 2.58. The number of halogens is 4. The molecule has 0 radical (unpaired) electrons. The molecule has 13 nitrogen and oxygen atoms in total. The maximum atomic E-state index is 15.0. The minimum atomic E-state index is -3.25. The van der Waals surface area contributed by atoms with Crippen molar-refractivity contribution in [2.45, 2.75) is 58.0 Å². The van der Waals surface area contributed by atoms with Crippen molar-refractivity contribution in [1.29, 1.82) is 0 Å². The number of nitrogens with two attached hydrogens (primary N) is 1. The number of urea groups is 2. The lowest BCUT2D eigenvalue weighted by Gasteiger charge is -2.33. The lowest BCUT2D eigenvalue weighted by molar-refractivity contribution is -0.131. The fourth-order valence-corrected chi connectivity index (χ4v) is 7.23. The third-order valence-electron chi connectivity index (χ3n) is 10.7. The molecule has 336 valence electrons. The highest BCUT2D eigenvalue weighted by molar-refractivity contribution is 6.00. The Morgan fingerprint density at radius 2 is 1.05 bits per heavy atom. The van der Waals surface area contributed by atoms with Crippen LogP contribution >= 0.6 is 0 Å². The van der Waals surface area contributed by atoms with Gasteiger partial charge in [0.1, 0.15) is 23.1 Å². The molecule has 2 aliphatic heterocycles. The summed E-state index contributed by atoms with van der Waals surface area (Å²) in [6.45, 7) is 1.61. The van der Waals surface area contributed by atoms with Crippen molar-refractivity contribution in [3.63, 3.8) is 0 Å². The fraction of sp³-hybridized carbons (Fsp3) is 0.370. The van der Waals surface area contributed by atoms with Gasteiger partial charge in [0, 0.05) is 48.4 Å². The Morgan fingerprint density at radius 3 is 1.43 bits per heavy atom.